The SMILES string of the molecule is CCN(Cc1cc(F)c(F)cc1F)CC(C)(C)CN. The van der Waals surface area contributed by atoms with Crippen LogP contribution in [0.4, 0.5) is 13.2 Å². The largest absolute Gasteiger partial charge is 0.330 e. The first kappa shape index (κ1) is 16.0. The first-order valence-electron chi connectivity index (χ1n) is 6.35. The second-order valence-electron chi connectivity index (χ2n) is 5.53. The van der Waals surface area contributed by atoms with Gasteiger partial charge in [-0.05, 0) is 24.6 Å². The van der Waals surface area contributed by atoms with Crippen molar-refractivity contribution >= 4 is 0 Å². The van der Waals surface area contributed by atoms with Crippen LogP contribution in [0.25, 0.3) is 0 Å². The molecule has 5 heteroatoms. The highest BCUT2D eigenvalue weighted by Gasteiger charge is 2.20. The van der Waals surface area contributed by atoms with Gasteiger partial charge in [0.2, 0.25) is 0 Å². The Morgan fingerprint density at radius 3 is 2.21 bits per heavy atom. The van der Waals surface area contributed by atoms with Crippen molar-refractivity contribution in [1.82, 2.24) is 4.90 Å². The predicted octanol–water partition coefficient (Wildman–Crippen LogP) is 2.91. The van der Waals surface area contributed by atoms with Gasteiger partial charge < -0.3 is 5.73 Å². The third kappa shape index (κ3) is 4.51. The lowest BCUT2D eigenvalue weighted by Crippen LogP contribution is -2.38. The fourth-order valence-corrected chi connectivity index (χ4v) is 1.88. The molecule has 0 aliphatic carbocycles. The van der Waals surface area contributed by atoms with Crippen LogP contribution in [-0.2, 0) is 6.54 Å². The van der Waals surface area contributed by atoms with E-state index in [1.807, 2.05) is 25.7 Å². The maximum Gasteiger partial charge on any atom is 0.161 e. The van der Waals surface area contributed by atoms with Crippen LogP contribution in [0.5, 0.6) is 0 Å². The van der Waals surface area contributed by atoms with Crippen LogP contribution in [0.3, 0.4) is 0 Å². The molecule has 0 amide bonds. The first-order valence-corrected chi connectivity index (χ1v) is 6.35. The normalized spacial score (nSPS) is 12.2. The maximum atomic E-state index is 13.6. The standard InChI is InChI=1S/C14H21F3N2/c1-4-19(9-14(2,3)8-18)7-10-5-12(16)13(17)6-11(10)15/h5-6H,4,7-9,18H2,1-3H3. The van der Waals surface area contributed by atoms with Crippen LogP contribution in [0.15, 0.2) is 12.1 Å². The summed E-state index contributed by atoms with van der Waals surface area (Å²) in [6.07, 6.45) is 0. The van der Waals surface area contributed by atoms with E-state index in [-0.39, 0.29) is 17.5 Å². The summed E-state index contributed by atoms with van der Waals surface area (Å²) in [6.45, 7) is 8.05. The molecule has 0 heterocycles. The molecule has 1 rings (SSSR count). The quantitative estimate of drug-likeness (QED) is 0.808. The van der Waals surface area contributed by atoms with E-state index in [1.54, 1.807) is 0 Å². The Morgan fingerprint density at radius 1 is 1.11 bits per heavy atom. The van der Waals surface area contributed by atoms with E-state index in [1.165, 1.54) is 0 Å². The highest BCUT2D eigenvalue weighted by Crippen LogP contribution is 2.19. The first-order chi connectivity index (χ1) is 8.79. The van der Waals surface area contributed by atoms with Crippen LogP contribution in [0.2, 0.25) is 0 Å². The lowest BCUT2D eigenvalue weighted by molar-refractivity contribution is 0.181. The van der Waals surface area contributed by atoms with Gasteiger partial charge in [-0.2, -0.15) is 0 Å². The molecule has 108 valence electrons. The molecule has 0 bridgehead atoms. The number of benzene rings is 1. The van der Waals surface area contributed by atoms with Gasteiger partial charge in [-0.25, -0.2) is 13.2 Å². The molecule has 0 saturated carbocycles. The molecule has 0 atom stereocenters. The average Bonchev–Trinajstić information content (AvgIpc) is 2.34. The molecule has 0 spiro atoms. The lowest BCUT2D eigenvalue weighted by atomic mass is 9.93. The summed E-state index contributed by atoms with van der Waals surface area (Å²) in [6, 6.07) is 1.51. The topological polar surface area (TPSA) is 29.3 Å². The zero-order valence-corrected chi connectivity index (χ0v) is 11.6. The summed E-state index contributed by atoms with van der Waals surface area (Å²) in [5.41, 5.74) is 5.72. The Hall–Kier alpha value is -1.07. The van der Waals surface area contributed by atoms with Crippen molar-refractivity contribution in [2.45, 2.75) is 27.3 Å². The molecular weight excluding hydrogens is 253 g/mol. The molecule has 1 aromatic rings. The molecule has 0 aliphatic rings. The van der Waals surface area contributed by atoms with E-state index in [0.717, 1.165) is 6.07 Å². The van der Waals surface area contributed by atoms with Crippen LogP contribution in [0.1, 0.15) is 26.3 Å². The van der Waals surface area contributed by atoms with Gasteiger partial charge in [0.25, 0.3) is 0 Å². The molecule has 0 radical (unpaired) electrons. The van der Waals surface area contributed by atoms with Crippen LogP contribution in [0, 0.1) is 22.9 Å². The van der Waals surface area contributed by atoms with Gasteiger partial charge in [-0.3, -0.25) is 4.90 Å². The zero-order valence-electron chi connectivity index (χ0n) is 11.6. The Labute approximate surface area is 112 Å². The summed E-state index contributed by atoms with van der Waals surface area (Å²) in [5, 5.41) is 0. The third-order valence-corrected chi connectivity index (χ3v) is 3.13. The highest BCUT2D eigenvalue weighted by molar-refractivity contribution is 5.20. The van der Waals surface area contributed by atoms with Crippen LogP contribution < -0.4 is 5.73 Å². The molecule has 0 fully saturated rings. The molecule has 0 unspecified atom stereocenters. The number of hydrogen-bond donors (Lipinski definition) is 1. The average molecular weight is 274 g/mol. The van der Waals surface area contributed by atoms with Crippen molar-refractivity contribution in [1.29, 1.82) is 0 Å². The monoisotopic (exact) mass is 274 g/mol. The molecule has 0 aromatic heterocycles. The third-order valence-electron chi connectivity index (χ3n) is 3.13. The number of halogens is 3. The second kappa shape index (κ2) is 6.39. The number of nitrogens with two attached hydrogens (primary N) is 1. The molecule has 0 aliphatic heterocycles. The highest BCUT2D eigenvalue weighted by atomic mass is 19.2. The van der Waals surface area contributed by atoms with E-state index in [2.05, 4.69) is 0 Å². The van der Waals surface area contributed by atoms with E-state index in [9.17, 15) is 13.2 Å². The Balaban J connectivity index is 2.84. The van der Waals surface area contributed by atoms with Crippen LogP contribution in [-0.4, -0.2) is 24.5 Å². The van der Waals surface area contributed by atoms with Gasteiger partial charge in [-0.15, -0.1) is 0 Å². The fourth-order valence-electron chi connectivity index (χ4n) is 1.88. The Bertz CT molecular complexity index is 433. The summed E-state index contributed by atoms with van der Waals surface area (Å²) >= 11 is 0. The smallest absolute Gasteiger partial charge is 0.161 e. The number of nitrogens with zero attached hydrogens (tertiary/aromatic N) is 1. The summed E-state index contributed by atoms with van der Waals surface area (Å²) in [5.74, 6) is -2.90. The Kier molecular flexibility index (Phi) is 5.38. The number of hydrogen-bond acceptors (Lipinski definition) is 2. The van der Waals surface area contributed by atoms with E-state index < -0.39 is 17.5 Å². The maximum absolute atomic E-state index is 13.6. The molecular formula is C14H21F3N2. The van der Waals surface area contributed by atoms with Gasteiger partial charge in [0.05, 0.1) is 0 Å². The lowest BCUT2D eigenvalue weighted by Gasteiger charge is -2.31. The zero-order chi connectivity index (χ0) is 14.6. The van der Waals surface area contributed by atoms with Crippen molar-refractivity contribution < 1.29 is 13.2 Å². The van der Waals surface area contributed by atoms with Gasteiger partial charge >= 0.3 is 0 Å². The predicted molar refractivity (Wildman–Crippen MR) is 70.1 cm³/mol. The van der Waals surface area contributed by atoms with Crippen molar-refractivity contribution in [3.8, 4) is 0 Å². The number of rotatable bonds is 6. The van der Waals surface area contributed by atoms with Crippen molar-refractivity contribution in [2.75, 3.05) is 19.6 Å². The fraction of sp³-hybridized carbons (Fsp3) is 0.571. The van der Waals surface area contributed by atoms with Crippen LogP contribution >= 0.6 is 0 Å². The Morgan fingerprint density at radius 2 is 1.68 bits per heavy atom. The summed E-state index contributed by atoms with van der Waals surface area (Å²) < 4.78 is 39.6. The minimum atomic E-state index is -1.16. The molecule has 19 heavy (non-hydrogen) atoms. The van der Waals surface area contributed by atoms with E-state index >= 15 is 0 Å². The molecule has 2 N–H and O–H groups in total. The molecule has 1 aromatic carbocycles. The van der Waals surface area contributed by atoms with Crippen molar-refractivity contribution in [3.63, 3.8) is 0 Å². The van der Waals surface area contributed by atoms with Gasteiger partial charge in [0, 0.05) is 24.7 Å². The van der Waals surface area contributed by atoms with Gasteiger partial charge in [0.15, 0.2) is 11.6 Å². The summed E-state index contributed by atoms with van der Waals surface area (Å²) in [7, 11) is 0. The van der Waals surface area contributed by atoms with Crippen molar-refractivity contribution in [2.24, 2.45) is 11.1 Å². The minimum Gasteiger partial charge on any atom is -0.330 e. The summed E-state index contributed by atoms with van der Waals surface area (Å²) in [4.78, 5) is 1.96. The van der Waals surface area contributed by atoms with E-state index in [0.29, 0.717) is 25.7 Å². The molecule has 2 nitrogen and oxygen atoms in total. The molecule has 0 saturated heterocycles. The van der Waals surface area contributed by atoms with Gasteiger partial charge in [-0.1, -0.05) is 20.8 Å². The van der Waals surface area contributed by atoms with Gasteiger partial charge in [0.1, 0.15) is 5.82 Å². The minimum absolute atomic E-state index is 0.106. The van der Waals surface area contributed by atoms with Crippen molar-refractivity contribution in [3.05, 3.63) is 35.1 Å². The van der Waals surface area contributed by atoms with E-state index in [4.69, 9.17) is 5.73 Å². The second-order valence-corrected chi connectivity index (χ2v) is 5.53.